The van der Waals surface area contributed by atoms with Crippen molar-refractivity contribution in [2.24, 2.45) is 0 Å². The van der Waals surface area contributed by atoms with Crippen LogP contribution < -0.4 is 5.32 Å². The Balaban J connectivity index is 2.21. The number of benzene rings is 1. The monoisotopic (exact) mass is 368 g/mol. The predicted molar refractivity (Wildman–Crippen MR) is 76.6 cm³/mol. The summed E-state index contributed by atoms with van der Waals surface area (Å²) in [6, 6.07) is 3.92. The van der Waals surface area contributed by atoms with Gasteiger partial charge in [-0.25, -0.2) is 4.39 Å². The number of piperazine rings is 1. The van der Waals surface area contributed by atoms with E-state index in [0.717, 1.165) is 13.1 Å². The number of nitrogens with one attached hydrogen (secondary N) is 1. The van der Waals surface area contributed by atoms with Crippen LogP contribution in [-0.2, 0) is 0 Å². The van der Waals surface area contributed by atoms with Crippen molar-refractivity contribution in [3.8, 4) is 0 Å². The molecular formula is C14H17BrF4N2. The highest BCUT2D eigenvalue weighted by atomic mass is 79.9. The maximum Gasteiger partial charge on any atom is 0.389 e. The van der Waals surface area contributed by atoms with Gasteiger partial charge >= 0.3 is 6.18 Å². The van der Waals surface area contributed by atoms with E-state index in [-0.39, 0.29) is 6.42 Å². The highest BCUT2D eigenvalue weighted by Gasteiger charge is 2.31. The quantitative estimate of drug-likeness (QED) is 0.811. The van der Waals surface area contributed by atoms with E-state index in [1.807, 2.05) is 4.90 Å². The zero-order chi connectivity index (χ0) is 15.5. The fraction of sp³-hybridized carbons (Fsp3) is 0.571. The lowest BCUT2D eigenvalue weighted by Crippen LogP contribution is -2.45. The Hall–Kier alpha value is -0.660. The molecule has 1 atom stereocenters. The van der Waals surface area contributed by atoms with Gasteiger partial charge in [0.2, 0.25) is 0 Å². The summed E-state index contributed by atoms with van der Waals surface area (Å²) < 4.78 is 51.7. The van der Waals surface area contributed by atoms with Crippen LogP contribution in [0.25, 0.3) is 0 Å². The Morgan fingerprint density at radius 2 is 1.86 bits per heavy atom. The van der Waals surface area contributed by atoms with E-state index in [9.17, 15) is 17.6 Å². The molecule has 0 amide bonds. The Bertz CT molecular complexity index is 452. The minimum absolute atomic E-state index is 0.0562. The van der Waals surface area contributed by atoms with E-state index < -0.39 is 24.5 Å². The smallest absolute Gasteiger partial charge is 0.314 e. The molecule has 118 valence electrons. The zero-order valence-corrected chi connectivity index (χ0v) is 13.0. The highest BCUT2D eigenvalue weighted by Crippen LogP contribution is 2.33. The molecule has 2 nitrogen and oxygen atoms in total. The average molecular weight is 369 g/mol. The average Bonchev–Trinajstić information content (AvgIpc) is 2.37. The van der Waals surface area contributed by atoms with Gasteiger partial charge in [-0.3, -0.25) is 4.90 Å². The van der Waals surface area contributed by atoms with E-state index in [1.54, 1.807) is 6.07 Å². The van der Waals surface area contributed by atoms with Gasteiger partial charge in [0, 0.05) is 43.1 Å². The van der Waals surface area contributed by atoms with Gasteiger partial charge in [-0.1, -0.05) is 15.9 Å². The van der Waals surface area contributed by atoms with Crippen LogP contribution in [0.5, 0.6) is 0 Å². The molecular weight excluding hydrogens is 352 g/mol. The van der Waals surface area contributed by atoms with Crippen LogP contribution in [-0.4, -0.2) is 37.3 Å². The summed E-state index contributed by atoms with van der Waals surface area (Å²) in [6.45, 7) is 2.80. The van der Waals surface area contributed by atoms with E-state index in [2.05, 4.69) is 21.2 Å². The maximum absolute atomic E-state index is 13.5. The first kappa shape index (κ1) is 16.7. The lowest BCUT2D eigenvalue weighted by molar-refractivity contribution is -0.138. The van der Waals surface area contributed by atoms with Crippen molar-refractivity contribution in [3.63, 3.8) is 0 Å². The second kappa shape index (κ2) is 7.07. The van der Waals surface area contributed by atoms with Gasteiger partial charge < -0.3 is 5.32 Å². The molecule has 0 radical (unpaired) electrons. The maximum atomic E-state index is 13.5. The summed E-state index contributed by atoms with van der Waals surface area (Å²) in [5, 5.41) is 3.17. The van der Waals surface area contributed by atoms with Crippen LogP contribution in [0, 0.1) is 5.82 Å². The number of alkyl halides is 3. The van der Waals surface area contributed by atoms with E-state index in [0.29, 0.717) is 23.1 Å². The van der Waals surface area contributed by atoms with Gasteiger partial charge in [0.15, 0.2) is 0 Å². The van der Waals surface area contributed by atoms with Crippen molar-refractivity contribution in [1.29, 1.82) is 0 Å². The Kier molecular flexibility index (Phi) is 5.62. The summed E-state index contributed by atoms with van der Waals surface area (Å²) in [4.78, 5) is 1.99. The summed E-state index contributed by atoms with van der Waals surface area (Å²) in [5.41, 5.74) is 0.591. The number of hydrogen-bond donors (Lipinski definition) is 1. The van der Waals surface area contributed by atoms with Crippen molar-refractivity contribution in [2.75, 3.05) is 26.2 Å². The lowest BCUT2D eigenvalue weighted by atomic mass is 9.99. The van der Waals surface area contributed by atoms with E-state index >= 15 is 0 Å². The van der Waals surface area contributed by atoms with Crippen LogP contribution in [0.3, 0.4) is 0 Å². The highest BCUT2D eigenvalue weighted by molar-refractivity contribution is 9.10. The van der Waals surface area contributed by atoms with Crippen molar-refractivity contribution < 1.29 is 17.6 Å². The molecule has 1 aliphatic rings. The van der Waals surface area contributed by atoms with Gasteiger partial charge in [-0.2, -0.15) is 13.2 Å². The van der Waals surface area contributed by atoms with Gasteiger partial charge in [0.25, 0.3) is 0 Å². The third-order valence-corrected chi connectivity index (χ3v) is 4.02. The Labute approximate surface area is 129 Å². The zero-order valence-electron chi connectivity index (χ0n) is 11.4. The molecule has 0 spiro atoms. The SMILES string of the molecule is Fc1cc(Br)cc([C@H](CCC(F)(F)F)N2CCNCC2)c1. The molecule has 7 heteroatoms. The Morgan fingerprint density at radius 1 is 1.19 bits per heavy atom. The van der Waals surface area contributed by atoms with Gasteiger partial charge in [0.05, 0.1) is 0 Å². The Morgan fingerprint density at radius 3 is 2.43 bits per heavy atom. The molecule has 1 saturated heterocycles. The first-order chi connectivity index (χ1) is 9.85. The van der Waals surface area contributed by atoms with Crippen molar-refractivity contribution >= 4 is 15.9 Å². The van der Waals surface area contributed by atoms with Crippen LogP contribution in [0.1, 0.15) is 24.4 Å². The van der Waals surface area contributed by atoms with Crippen LogP contribution in [0.2, 0.25) is 0 Å². The molecule has 1 heterocycles. The largest absolute Gasteiger partial charge is 0.389 e. The number of halogens is 5. The molecule has 2 rings (SSSR count). The summed E-state index contributed by atoms with van der Waals surface area (Å²) >= 11 is 3.20. The molecule has 1 aromatic rings. The van der Waals surface area contributed by atoms with E-state index in [4.69, 9.17) is 0 Å². The van der Waals surface area contributed by atoms with Gasteiger partial charge in [-0.15, -0.1) is 0 Å². The topological polar surface area (TPSA) is 15.3 Å². The molecule has 21 heavy (non-hydrogen) atoms. The molecule has 0 saturated carbocycles. The van der Waals surface area contributed by atoms with Crippen molar-refractivity contribution in [2.45, 2.75) is 25.1 Å². The molecule has 1 aromatic carbocycles. The van der Waals surface area contributed by atoms with Gasteiger partial charge in [0.1, 0.15) is 5.82 Å². The summed E-state index contributed by atoms with van der Waals surface area (Å²) in [6.07, 6.45) is -5.12. The summed E-state index contributed by atoms with van der Waals surface area (Å²) in [7, 11) is 0. The third kappa shape index (κ3) is 5.23. The van der Waals surface area contributed by atoms with Crippen molar-refractivity contribution in [1.82, 2.24) is 10.2 Å². The summed E-state index contributed by atoms with van der Waals surface area (Å²) in [5.74, 6) is -0.438. The van der Waals surface area contributed by atoms with Crippen LogP contribution in [0.15, 0.2) is 22.7 Å². The predicted octanol–water partition coefficient (Wildman–Crippen LogP) is 3.88. The molecule has 0 bridgehead atoms. The minimum atomic E-state index is -4.20. The molecule has 0 aliphatic carbocycles. The molecule has 0 unspecified atom stereocenters. The lowest BCUT2D eigenvalue weighted by Gasteiger charge is -2.35. The normalized spacial score (nSPS) is 18.7. The fourth-order valence-electron chi connectivity index (χ4n) is 2.62. The van der Waals surface area contributed by atoms with Crippen LogP contribution >= 0.6 is 15.9 Å². The van der Waals surface area contributed by atoms with Crippen LogP contribution in [0.4, 0.5) is 17.6 Å². The fourth-order valence-corrected chi connectivity index (χ4v) is 3.10. The molecule has 0 aromatic heterocycles. The molecule has 1 N–H and O–H groups in total. The second-order valence-corrected chi connectivity index (χ2v) is 6.07. The minimum Gasteiger partial charge on any atom is -0.314 e. The molecule has 1 fully saturated rings. The van der Waals surface area contributed by atoms with Gasteiger partial charge in [-0.05, 0) is 30.2 Å². The third-order valence-electron chi connectivity index (χ3n) is 3.56. The second-order valence-electron chi connectivity index (χ2n) is 5.16. The first-order valence-electron chi connectivity index (χ1n) is 6.83. The van der Waals surface area contributed by atoms with Crippen molar-refractivity contribution in [3.05, 3.63) is 34.1 Å². The number of nitrogens with zero attached hydrogens (tertiary/aromatic N) is 1. The number of rotatable bonds is 4. The first-order valence-corrected chi connectivity index (χ1v) is 7.62. The van der Waals surface area contributed by atoms with E-state index in [1.165, 1.54) is 12.1 Å². The standard InChI is InChI=1S/C14H17BrF4N2/c15-11-7-10(8-12(16)9-11)13(1-2-14(17,18)19)21-5-3-20-4-6-21/h7-9,13,20H,1-6H2/t13-/m0/s1. The number of hydrogen-bond acceptors (Lipinski definition) is 2. The molecule has 1 aliphatic heterocycles.